The molecule has 0 aromatic heterocycles. The summed E-state index contributed by atoms with van der Waals surface area (Å²) < 4.78 is 0. The first kappa shape index (κ1) is 12.6. The SMILES string of the molecule is CCCNC1CCN(c2ccccc2C#N)C1=O. The molecule has 1 amide bonds. The van der Waals surface area contributed by atoms with E-state index in [1.807, 2.05) is 18.2 Å². The van der Waals surface area contributed by atoms with Crippen molar-refractivity contribution in [1.29, 1.82) is 5.26 Å². The van der Waals surface area contributed by atoms with Crippen LogP contribution in [0, 0.1) is 11.3 Å². The summed E-state index contributed by atoms with van der Waals surface area (Å²) in [5.41, 5.74) is 1.28. The Morgan fingerprint density at radius 2 is 2.28 bits per heavy atom. The van der Waals surface area contributed by atoms with Crippen molar-refractivity contribution < 1.29 is 4.79 Å². The predicted octanol–water partition coefficient (Wildman–Crippen LogP) is 1.66. The molecule has 1 fully saturated rings. The number of nitrogens with one attached hydrogen (secondary N) is 1. The highest BCUT2D eigenvalue weighted by atomic mass is 16.2. The Balaban J connectivity index is 2.16. The van der Waals surface area contributed by atoms with Gasteiger partial charge >= 0.3 is 0 Å². The van der Waals surface area contributed by atoms with Crippen LogP contribution in [-0.4, -0.2) is 25.0 Å². The molecule has 1 aliphatic rings. The number of nitriles is 1. The minimum absolute atomic E-state index is 0.0751. The molecule has 1 heterocycles. The number of anilines is 1. The number of carbonyl (C=O) groups excluding carboxylic acids is 1. The van der Waals surface area contributed by atoms with Crippen LogP contribution in [0.2, 0.25) is 0 Å². The summed E-state index contributed by atoms with van der Waals surface area (Å²) in [6.45, 7) is 3.61. The zero-order chi connectivity index (χ0) is 13.0. The van der Waals surface area contributed by atoms with Gasteiger partial charge in [-0.2, -0.15) is 5.26 Å². The monoisotopic (exact) mass is 243 g/mol. The number of para-hydroxylation sites is 1. The quantitative estimate of drug-likeness (QED) is 0.875. The Hall–Kier alpha value is -1.86. The van der Waals surface area contributed by atoms with Gasteiger partial charge in [0.05, 0.1) is 17.3 Å². The molecule has 1 aromatic rings. The van der Waals surface area contributed by atoms with Gasteiger partial charge in [0.2, 0.25) is 5.91 Å². The molecule has 1 aliphatic heterocycles. The van der Waals surface area contributed by atoms with E-state index in [0.717, 1.165) is 25.1 Å². The third-order valence-corrected chi connectivity index (χ3v) is 3.16. The summed E-state index contributed by atoms with van der Waals surface area (Å²) in [4.78, 5) is 13.9. The maximum Gasteiger partial charge on any atom is 0.244 e. The number of benzene rings is 1. The summed E-state index contributed by atoms with van der Waals surface area (Å²) >= 11 is 0. The van der Waals surface area contributed by atoms with E-state index < -0.39 is 0 Å². The van der Waals surface area contributed by atoms with Crippen molar-refractivity contribution in [3.05, 3.63) is 29.8 Å². The minimum Gasteiger partial charge on any atom is -0.310 e. The Morgan fingerprint density at radius 3 is 3.00 bits per heavy atom. The summed E-state index contributed by atoms with van der Waals surface area (Å²) in [7, 11) is 0. The van der Waals surface area contributed by atoms with Crippen molar-refractivity contribution in [3.8, 4) is 6.07 Å². The molecular weight excluding hydrogens is 226 g/mol. The van der Waals surface area contributed by atoms with Gasteiger partial charge in [-0.05, 0) is 31.5 Å². The van der Waals surface area contributed by atoms with Gasteiger partial charge in [-0.25, -0.2) is 0 Å². The molecule has 4 heteroatoms. The van der Waals surface area contributed by atoms with Gasteiger partial charge in [0, 0.05) is 6.54 Å². The van der Waals surface area contributed by atoms with Crippen molar-refractivity contribution in [3.63, 3.8) is 0 Å². The maximum absolute atomic E-state index is 12.2. The lowest BCUT2D eigenvalue weighted by Crippen LogP contribution is -2.38. The van der Waals surface area contributed by atoms with E-state index in [0.29, 0.717) is 12.1 Å². The highest BCUT2D eigenvalue weighted by molar-refractivity contribution is 6.00. The fourth-order valence-corrected chi connectivity index (χ4v) is 2.23. The van der Waals surface area contributed by atoms with Crippen LogP contribution in [0.3, 0.4) is 0 Å². The highest BCUT2D eigenvalue weighted by Gasteiger charge is 2.32. The molecule has 1 unspecified atom stereocenters. The van der Waals surface area contributed by atoms with Crippen LogP contribution >= 0.6 is 0 Å². The first-order chi connectivity index (χ1) is 8.77. The van der Waals surface area contributed by atoms with E-state index in [1.54, 1.807) is 11.0 Å². The van der Waals surface area contributed by atoms with Crippen LogP contribution in [0.25, 0.3) is 0 Å². The van der Waals surface area contributed by atoms with Crippen molar-refractivity contribution in [2.24, 2.45) is 0 Å². The largest absolute Gasteiger partial charge is 0.310 e. The molecule has 94 valence electrons. The number of rotatable bonds is 4. The second-order valence-corrected chi connectivity index (χ2v) is 4.41. The molecule has 4 nitrogen and oxygen atoms in total. The van der Waals surface area contributed by atoms with E-state index in [9.17, 15) is 4.79 Å². The van der Waals surface area contributed by atoms with E-state index in [4.69, 9.17) is 5.26 Å². The first-order valence-electron chi connectivity index (χ1n) is 6.31. The Kier molecular flexibility index (Phi) is 3.96. The Morgan fingerprint density at radius 1 is 1.50 bits per heavy atom. The molecule has 1 atom stereocenters. The van der Waals surface area contributed by atoms with Gasteiger partial charge in [-0.1, -0.05) is 19.1 Å². The average Bonchev–Trinajstić information content (AvgIpc) is 2.77. The molecule has 2 rings (SSSR count). The van der Waals surface area contributed by atoms with Gasteiger partial charge in [0.1, 0.15) is 6.07 Å². The van der Waals surface area contributed by atoms with E-state index in [-0.39, 0.29) is 11.9 Å². The zero-order valence-corrected chi connectivity index (χ0v) is 10.5. The van der Waals surface area contributed by atoms with Gasteiger partial charge in [0.15, 0.2) is 0 Å². The van der Waals surface area contributed by atoms with Gasteiger partial charge in [0.25, 0.3) is 0 Å². The van der Waals surface area contributed by atoms with Crippen LogP contribution in [0.15, 0.2) is 24.3 Å². The predicted molar refractivity (Wildman–Crippen MR) is 70.2 cm³/mol. The summed E-state index contributed by atoms with van der Waals surface area (Å²) in [5.74, 6) is 0.0751. The Labute approximate surface area is 107 Å². The van der Waals surface area contributed by atoms with Crippen LogP contribution in [0.1, 0.15) is 25.3 Å². The van der Waals surface area contributed by atoms with Gasteiger partial charge in [-0.3, -0.25) is 4.79 Å². The van der Waals surface area contributed by atoms with Crippen LogP contribution in [0.4, 0.5) is 5.69 Å². The molecule has 1 N–H and O–H groups in total. The normalized spacial score (nSPS) is 19.0. The summed E-state index contributed by atoms with van der Waals surface area (Å²) in [6, 6.07) is 9.29. The van der Waals surface area contributed by atoms with Crippen molar-refractivity contribution in [1.82, 2.24) is 5.32 Å². The fraction of sp³-hybridized carbons (Fsp3) is 0.429. The lowest BCUT2D eigenvalue weighted by Gasteiger charge is -2.18. The molecule has 0 radical (unpaired) electrons. The molecule has 1 saturated heterocycles. The number of amides is 1. The van der Waals surface area contributed by atoms with E-state index >= 15 is 0 Å². The number of carbonyl (C=O) groups is 1. The number of hydrogen-bond donors (Lipinski definition) is 1. The molecular formula is C14H17N3O. The molecule has 18 heavy (non-hydrogen) atoms. The standard InChI is InChI=1S/C14H17N3O/c1-2-8-16-12-7-9-17(14(12)18)13-6-4-3-5-11(13)10-15/h3-6,12,16H,2,7-9H2,1H3. The number of nitrogens with zero attached hydrogens (tertiary/aromatic N) is 2. The van der Waals surface area contributed by atoms with Crippen LogP contribution in [0.5, 0.6) is 0 Å². The molecule has 0 saturated carbocycles. The molecule has 0 spiro atoms. The average molecular weight is 243 g/mol. The van der Waals surface area contributed by atoms with Crippen molar-refractivity contribution in [2.45, 2.75) is 25.8 Å². The van der Waals surface area contributed by atoms with E-state index in [2.05, 4.69) is 18.3 Å². The molecule has 1 aromatic carbocycles. The second-order valence-electron chi connectivity index (χ2n) is 4.41. The van der Waals surface area contributed by atoms with Crippen molar-refractivity contribution >= 4 is 11.6 Å². The number of hydrogen-bond acceptors (Lipinski definition) is 3. The lowest BCUT2D eigenvalue weighted by molar-refractivity contribution is -0.118. The lowest BCUT2D eigenvalue weighted by atomic mass is 10.2. The van der Waals surface area contributed by atoms with Gasteiger partial charge in [-0.15, -0.1) is 0 Å². The smallest absolute Gasteiger partial charge is 0.244 e. The summed E-state index contributed by atoms with van der Waals surface area (Å²) in [5, 5.41) is 12.3. The molecule has 0 aliphatic carbocycles. The second kappa shape index (κ2) is 5.65. The molecule has 0 bridgehead atoms. The fourth-order valence-electron chi connectivity index (χ4n) is 2.23. The highest BCUT2D eigenvalue weighted by Crippen LogP contribution is 2.24. The Bertz CT molecular complexity index is 478. The van der Waals surface area contributed by atoms with E-state index in [1.165, 1.54) is 0 Å². The zero-order valence-electron chi connectivity index (χ0n) is 10.5. The van der Waals surface area contributed by atoms with Crippen molar-refractivity contribution in [2.75, 3.05) is 18.0 Å². The minimum atomic E-state index is -0.100. The maximum atomic E-state index is 12.2. The topological polar surface area (TPSA) is 56.1 Å². The summed E-state index contributed by atoms with van der Waals surface area (Å²) in [6.07, 6.45) is 1.82. The van der Waals surface area contributed by atoms with Crippen LogP contribution in [-0.2, 0) is 4.79 Å². The third kappa shape index (κ3) is 2.36. The van der Waals surface area contributed by atoms with Gasteiger partial charge < -0.3 is 10.2 Å². The third-order valence-electron chi connectivity index (χ3n) is 3.16. The first-order valence-corrected chi connectivity index (χ1v) is 6.31. The van der Waals surface area contributed by atoms with Crippen LogP contribution < -0.4 is 10.2 Å².